The zero-order chi connectivity index (χ0) is 27.4. The highest BCUT2D eigenvalue weighted by Gasteiger charge is 2.27. The third-order valence-electron chi connectivity index (χ3n) is 5.98. The summed E-state index contributed by atoms with van der Waals surface area (Å²) in [4.78, 5) is 31.2. The number of carbonyl (C=O) groups is 1. The minimum absolute atomic E-state index is 0.0476. The Balaban J connectivity index is 2.03. The van der Waals surface area contributed by atoms with E-state index in [0.717, 1.165) is 5.69 Å². The topological polar surface area (TPSA) is 101 Å². The average Bonchev–Trinajstić information content (AvgIpc) is 2.94. The lowest BCUT2D eigenvalue weighted by Crippen LogP contribution is -2.40. The van der Waals surface area contributed by atoms with Crippen LogP contribution >= 0.6 is 0 Å². The first-order valence-electron chi connectivity index (χ1n) is 11.7. The number of aromatic nitrogens is 2. The molecule has 2 aromatic heterocycles. The van der Waals surface area contributed by atoms with E-state index in [9.17, 15) is 9.59 Å². The van der Waals surface area contributed by atoms with Gasteiger partial charge in [-0.25, -0.2) is 9.47 Å². The Morgan fingerprint density at radius 2 is 1.63 bits per heavy atom. The molecule has 10 nitrogen and oxygen atoms in total. The van der Waals surface area contributed by atoms with E-state index in [-0.39, 0.29) is 12.3 Å². The summed E-state index contributed by atoms with van der Waals surface area (Å²) in [5, 5.41) is 2.39. The standard InChI is InChI=1S/C28H29N3O7/c1-30(2)31-25(28(33)37-6)24(17-13-22(34-3)26(36-5)23(14-17)35-4)20-11-10-19(15-21(20)27(31)32)38-16-18-9-7-8-12-29-18/h7-15H,16H2,1-6H3. The SMILES string of the molecule is COC(=O)c1c(-c2cc(OC)c(OC)c(OC)c2)c2ccc(OCc3ccccn3)cc2c(=O)n1N(C)C. The summed E-state index contributed by atoms with van der Waals surface area (Å²) in [6.07, 6.45) is 1.69. The van der Waals surface area contributed by atoms with Gasteiger partial charge in [-0.15, -0.1) is 0 Å². The van der Waals surface area contributed by atoms with Crippen LogP contribution in [0, 0.1) is 0 Å². The Hall–Kier alpha value is -4.73. The zero-order valence-corrected chi connectivity index (χ0v) is 22.1. The van der Waals surface area contributed by atoms with Crippen LogP contribution < -0.4 is 29.5 Å². The van der Waals surface area contributed by atoms with Gasteiger partial charge >= 0.3 is 5.97 Å². The van der Waals surface area contributed by atoms with Gasteiger partial charge in [-0.3, -0.25) is 9.78 Å². The van der Waals surface area contributed by atoms with Crippen molar-refractivity contribution in [2.45, 2.75) is 6.61 Å². The predicted molar refractivity (Wildman–Crippen MR) is 143 cm³/mol. The van der Waals surface area contributed by atoms with Gasteiger partial charge in [0.2, 0.25) is 5.75 Å². The first-order chi connectivity index (χ1) is 18.3. The molecule has 2 aromatic carbocycles. The first-order valence-corrected chi connectivity index (χ1v) is 11.7. The second-order valence-corrected chi connectivity index (χ2v) is 8.41. The van der Waals surface area contributed by atoms with Crippen molar-refractivity contribution in [3.8, 4) is 34.1 Å². The monoisotopic (exact) mass is 519 g/mol. The molecule has 0 amide bonds. The van der Waals surface area contributed by atoms with E-state index in [1.165, 1.54) is 38.1 Å². The Morgan fingerprint density at radius 1 is 0.921 bits per heavy atom. The van der Waals surface area contributed by atoms with Gasteiger partial charge < -0.3 is 28.7 Å². The van der Waals surface area contributed by atoms with Gasteiger partial charge in [-0.2, -0.15) is 0 Å². The van der Waals surface area contributed by atoms with Crippen molar-refractivity contribution in [3.05, 3.63) is 76.5 Å². The van der Waals surface area contributed by atoms with E-state index >= 15 is 0 Å². The van der Waals surface area contributed by atoms with E-state index in [1.807, 2.05) is 18.2 Å². The number of esters is 1. The van der Waals surface area contributed by atoms with Crippen LogP contribution in [0.2, 0.25) is 0 Å². The molecule has 2 heterocycles. The summed E-state index contributed by atoms with van der Waals surface area (Å²) in [5.74, 6) is 0.977. The number of carbonyl (C=O) groups excluding carboxylic acids is 1. The fourth-order valence-corrected chi connectivity index (χ4v) is 4.28. The van der Waals surface area contributed by atoms with Crippen LogP contribution in [-0.2, 0) is 11.3 Å². The van der Waals surface area contributed by atoms with Crippen molar-refractivity contribution in [3.63, 3.8) is 0 Å². The maximum atomic E-state index is 13.7. The second kappa shape index (κ2) is 11.1. The highest BCUT2D eigenvalue weighted by atomic mass is 16.5. The molecule has 0 aliphatic carbocycles. The van der Waals surface area contributed by atoms with Crippen LogP contribution in [0.3, 0.4) is 0 Å². The molecule has 0 aliphatic rings. The molecule has 0 spiro atoms. The number of hydrogen-bond donors (Lipinski definition) is 0. The number of rotatable bonds is 9. The second-order valence-electron chi connectivity index (χ2n) is 8.41. The van der Waals surface area contributed by atoms with Crippen molar-refractivity contribution in [1.82, 2.24) is 9.66 Å². The summed E-state index contributed by atoms with van der Waals surface area (Å²) in [5.41, 5.74) is 1.40. The molecule has 0 bridgehead atoms. The lowest BCUT2D eigenvalue weighted by molar-refractivity contribution is 0.0588. The highest BCUT2D eigenvalue weighted by Crippen LogP contribution is 2.43. The molecule has 0 unspecified atom stereocenters. The minimum atomic E-state index is -0.683. The van der Waals surface area contributed by atoms with E-state index in [4.69, 9.17) is 23.7 Å². The van der Waals surface area contributed by atoms with Crippen LogP contribution in [0.1, 0.15) is 16.2 Å². The van der Waals surface area contributed by atoms with Crippen molar-refractivity contribution in [2.24, 2.45) is 0 Å². The lowest BCUT2D eigenvalue weighted by atomic mass is 9.96. The Bertz CT molecular complexity index is 1510. The third-order valence-corrected chi connectivity index (χ3v) is 5.98. The molecule has 4 rings (SSSR count). The van der Waals surface area contributed by atoms with Gasteiger partial charge in [0, 0.05) is 25.9 Å². The van der Waals surface area contributed by atoms with Crippen LogP contribution in [0.5, 0.6) is 23.0 Å². The Kier molecular flexibility index (Phi) is 7.71. The molecule has 38 heavy (non-hydrogen) atoms. The highest BCUT2D eigenvalue weighted by molar-refractivity contribution is 6.07. The normalized spacial score (nSPS) is 10.7. The van der Waals surface area contributed by atoms with Crippen LogP contribution in [0.4, 0.5) is 0 Å². The summed E-state index contributed by atoms with van der Waals surface area (Å²) in [6, 6.07) is 14.1. The molecule has 0 radical (unpaired) electrons. The quantitative estimate of drug-likeness (QED) is 0.307. The number of methoxy groups -OCH3 is 4. The van der Waals surface area contributed by atoms with Gasteiger partial charge in [-0.05, 0) is 53.4 Å². The van der Waals surface area contributed by atoms with Crippen molar-refractivity contribution >= 4 is 16.7 Å². The molecule has 0 saturated carbocycles. The summed E-state index contributed by atoms with van der Waals surface area (Å²) in [6.45, 7) is 0.230. The minimum Gasteiger partial charge on any atom is -0.493 e. The molecule has 0 aliphatic heterocycles. The summed E-state index contributed by atoms with van der Waals surface area (Å²) >= 11 is 0. The number of benzene rings is 2. The van der Waals surface area contributed by atoms with E-state index < -0.39 is 11.5 Å². The van der Waals surface area contributed by atoms with Gasteiger partial charge in [0.15, 0.2) is 17.2 Å². The summed E-state index contributed by atoms with van der Waals surface area (Å²) < 4.78 is 28.9. The number of fused-ring (bicyclic) bond motifs is 1. The van der Waals surface area contributed by atoms with Gasteiger partial charge in [-0.1, -0.05) is 6.07 Å². The smallest absolute Gasteiger partial charge is 0.357 e. The molecule has 0 atom stereocenters. The number of pyridine rings is 2. The molecule has 0 saturated heterocycles. The van der Waals surface area contributed by atoms with Crippen molar-refractivity contribution < 1.29 is 28.5 Å². The van der Waals surface area contributed by atoms with Gasteiger partial charge in [0.25, 0.3) is 5.56 Å². The number of ether oxygens (including phenoxy) is 5. The Morgan fingerprint density at radius 3 is 2.18 bits per heavy atom. The molecule has 0 fully saturated rings. The van der Waals surface area contributed by atoms with Gasteiger partial charge in [0.05, 0.1) is 39.5 Å². The molecule has 10 heteroatoms. The number of hydrogen-bond acceptors (Lipinski definition) is 9. The third kappa shape index (κ3) is 4.80. The van der Waals surface area contributed by atoms with Crippen molar-refractivity contribution in [2.75, 3.05) is 47.5 Å². The molecule has 198 valence electrons. The fraction of sp³-hybridized carbons (Fsp3) is 0.250. The Labute approximate surface area is 219 Å². The van der Waals surface area contributed by atoms with E-state index in [0.29, 0.717) is 44.9 Å². The lowest BCUT2D eigenvalue weighted by Gasteiger charge is -2.24. The first kappa shape index (κ1) is 26.3. The van der Waals surface area contributed by atoms with Crippen LogP contribution in [0.25, 0.3) is 21.9 Å². The van der Waals surface area contributed by atoms with E-state index in [2.05, 4.69) is 4.98 Å². The van der Waals surface area contributed by atoms with Gasteiger partial charge in [0.1, 0.15) is 12.4 Å². The molecular weight excluding hydrogens is 490 g/mol. The van der Waals surface area contributed by atoms with Crippen LogP contribution in [-0.4, -0.2) is 58.2 Å². The maximum Gasteiger partial charge on any atom is 0.357 e. The average molecular weight is 520 g/mol. The fourth-order valence-electron chi connectivity index (χ4n) is 4.28. The largest absolute Gasteiger partial charge is 0.493 e. The number of nitrogens with zero attached hydrogens (tertiary/aromatic N) is 3. The van der Waals surface area contributed by atoms with Crippen molar-refractivity contribution in [1.29, 1.82) is 0 Å². The molecule has 0 N–H and O–H groups in total. The molecular formula is C28H29N3O7. The zero-order valence-electron chi connectivity index (χ0n) is 22.1. The predicted octanol–water partition coefficient (Wildman–Crippen LogP) is 3.65. The maximum absolute atomic E-state index is 13.7. The summed E-state index contributed by atoms with van der Waals surface area (Å²) in [7, 11) is 9.12. The van der Waals surface area contributed by atoms with Crippen LogP contribution in [0.15, 0.2) is 59.5 Å². The van der Waals surface area contributed by atoms with E-state index in [1.54, 1.807) is 50.6 Å². The molecule has 4 aromatic rings.